The predicted molar refractivity (Wildman–Crippen MR) is 68.9 cm³/mol. The van der Waals surface area contributed by atoms with Crippen molar-refractivity contribution in [3.63, 3.8) is 0 Å². The van der Waals surface area contributed by atoms with Gasteiger partial charge in [-0.2, -0.15) is 0 Å². The monoisotopic (exact) mass is 331 g/mol. The van der Waals surface area contributed by atoms with Crippen molar-refractivity contribution in [3.05, 3.63) is 22.6 Å². The molecule has 1 saturated heterocycles. The summed E-state index contributed by atoms with van der Waals surface area (Å²) in [5, 5.41) is 8.95. The van der Waals surface area contributed by atoms with Crippen LogP contribution in [0.1, 0.15) is 23.4 Å². The zero-order valence-corrected chi connectivity index (χ0v) is 11.8. The number of halogens is 1. The molecular formula is C12H14BrNO5. The molecule has 2 heterocycles. The third-order valence-corrected chi connectivity index (χ3v) is 3.41. The second-order valence-corrected chi connectivity index (χ2v) is 5.06. The number of aliphatic carboxylic acids is 1. The van der Waals surface area contributed by atoms with Gasteiger partial charge in [-0.25, -0.2) is 0 Å². The van der Waals surface area contributed by atoms with Gasteiger partial charge in [0.2, 0.25) is 0 Å². The molecule has 0 bridgehead atoms. The van der Waals surface area contributed by atoms with E-state index in [4.69, 9.17) is 14.3 Å². The van der Waals surface area contributed by atoms with E-state index >= 15 is 0 Å². The Balaban J connectivity index is 2.16. The Bertz CT molecular complexity index is 466. The molecule has 0 aromatic carbocycles. The highest BCUT2D eigenvalue weighted by molar-refractivity contribution is 9.10. The van der Waals surface area contributed by atoms with Crippen LogP contribution in [0.5, 0.6) is 0 Å². The maximum Gasteiger partial charge on any atom is 0.323 e. The molecule has 1 amide bonds. The van der Waals surface area contributed by atoms with Crippen LogP contribution < -0.4 is 0 Å². The van der Waals surface area contributed by atoms with Crippen molar-refractivity contribution in [1.29, 1.82) is 0 Å². The van der Waals surface area contributed by atoms with Gasteiger partial charge in [-0.3, -0.25) is 9.59 Å². The standard InChI is InChI=1S/C12H14BrNO5/c13-10-2-1-9(19-10)12(17)14(7-11(15)16)8-3-5-18-6-4-8/h1-2,8H,3-7H2,(H,15,16). The molecule has 2 rings (SSSR count). The number of nitrogens with zero attached hydrogens (tertiary/aromatic N) is 1. The molecule has 7 heteroatoms. The smallest absolute Gasteiger partial charge is 0.323 e. The number of hydrogen-bond acceptors (Lipinski definition) is 4. The maximum absolute atomic E-state index is 12.3. The number of furan rings is 1. The van der Waals surface area contributed by atoms with Crippen LogP contribution in [0, 0.1) is 0 Å². The lowest BCUT2D eigenvalue weighted by Crippen LogP contribution is -2.45. The first kappa shape index (κ1) is 14.1. The topological polar surface area (TPSA) is 80.0 Å². The van der Waals surface area contributed by atoms with Crippen LogP contribution >= 0.6 is 15.9 Å². The summed E-state index contributed by atoms with van der Waals surface area (Å²) < 4.78 is 10.9. The number of hydrogen-bond donors (Lipinski definition) is 1. The quantitative estimate of drug-likeness (QED) is 0.909. The lowest BCUT2D eigenvalue weighted by atomic mass is 10.1. The number of carbonyl (C=O) groups is 2. The minimum Gasteiger partial charge on any atom is -0.480 e. The molecule has 104 valence electrons. The van der Waals surface area contributed by atoms with E-state index in [0.29, 0.717) is 30.7 Å². The summed E-state index contributed by atoms with van der Waals surface area (Å²) in [6, 6.07) is 3.01. The molecule has 6 nitrogen and oxygen atoms in total. The number of carbonyl (C=O) groups excluding carboxylic acids is 1. The molecule has 19 heavy (non-hydrogen) atoms. The highest BCUT2D eigenvalue weighted by atomic mass is 79.9. The maximum atomic E-state index is 12.3. The molecule has 0 saturated carbocycles. The average molecular weight is 332 g/mol. The Labute approximate surface area is 118 Å². The van der Waals surface area contributed by atoms with Crippen molar-refractivity contribution in [2.24, 2.45) is 0 Å². The van der Waals surface area contributed by atoms with E-state index in [1.165, 1.54) is 11.0 Å². The van der Waals surface area contributed by atoms with Crippen molar-refractivity contribution in [3.8, 4) is 0 Å². The molecule has 1 aromatic rings. The molecule has 0 radical (unpaired) electrons. The first-order valence-corrected chi connectivity index (χ1v) is 6.73. The van der Waals surface area contributed by atoms with Crippen molar-refractivity contribution in [1.82, 2.24) is 4.90 Å². The van der Waals surface area contributed by atoms with E-state index < -0.39 is 11.9 Å². The van der Waals surface area contributed by atoms with Crippen LogP contribution in [0.4, 0.5) is 0 Å². The van der Waals surface area contributed by atoms with Crippen LogP contribution in [0.3, 0.4) is 0 Å². The molecular weight excluding hydrogens is 318 g/mol. The number of rotatable bonds is 4. The lowest BCUT2D eigenvalue weighted by Gasteiger charge is -2.32. The van der Waals surface area contributed by atoms with Gasteiger partial charge in [-0.1, -0.05) is 0 Å². The number of amides is 1. The van der Waals surface area contributed by atoms with E-state index in [2.05, 4.69) is 15.9 Å². The summed E-state index contributed by atoms with van der Waals surface area (Å²) in [4.78, 5) is 24.6. The lowest BCUT2D eigenvalue weighted by molar-refractivity contribution is -0.138. The third kappa shape index (κ3) is 3.57. The second kappa shape index (κ2) is 6.21. The zero-order chi connectivity index (χ0) is 13.8. The summed E-state index contributed by atoms with van der Waals surface area (Å²) in [5.74, 6) is -1.30. The molecule has 1 aliphatic rings. The summed E-state index contributed by atoms with van der Waals surface area (Å²) >= 11 is 3.12. The fraction of sp³-hybridized carbons (Fsp3) is 0.500. The van der Waals surface area contributed by atoms with Crippen molar-refractivity contribution in [2.75, 3.05) is 19.8 Å². The van der Waals surface area contributed by atoms with E-state index in [9.17, 15) is 9.59 Å². The predicted octanol–water partition coefficient (Wildman–Crippen LogP) is 1.75. The van der Waals surface area contributed by atoms with Gasteiger partial charge in [0.25, 0.3) is 5.91 Å². The summed E-state index contributed by atoms with van der Waals surface area (Å²) in [7, 11) is 0. The van der Waals surface area contributed by atoms with E-state index in [1.807, 2.05) is 0 Å². The number of ether oxygens (including phenoxy) is 1. The molecule has 1 fully saturated rings. The molecule has 0 atom stereocenters. The van der Waals surface area contributed by atoms with Crippen molar-refractivity contribution in [2.45, 2.75) is 18.9 Å². The largest absolute Gasteiger partial charge is 0.480 e. The van der Waals surface area contributed by atoms with E-state index in [-0.39, 0.29) is 18.3 Å². The number of carboxylic acids is 1. The number of carboxylic acid groups (broad SMARTS) is 1. The minimum atomic E-state index is -1.04. The second-order valence-electron chi connectivity index (χ2n) is 4.27. The Hall–Kier alpha value is -1.34. The van der Waals surface area contributed by atoms with Gasteiger partial charge in [0.15, 0.2) is 10.4 Å². The Morgan fingerprint density at radius 3 is 2.58 bits per heavy atom. The van der Waals surface area contributed by atoms with Crippen LogP contribution in [0.15, 0.2) is 21.2 Å². The minimum absolute atomic E-state index is 0.124. The highest BCUT2D eigenvalue weighted by Crippen LogP contribution is 2.20. The van der Waals surface area contributed by atoms with Crippen LogP contribution in [-0.2, 0) is 9.53 Å². The van der Waals surface area contributed by atoms with Gasteiger partial charge in [0, 0.05) is 19.3 Å². The van der Waals surface area contributed by atoms with Gasteiger partial charge in [0.1, 0.15) is 6.54 Å². The summed E-state index contributed by atoms with van der Waals surface area (Å²) in [6.07, 6.45) is 1.28. The zero-order valence-electron chi connectivity index (χ0n) is 10.2. The Morgan fingerprint density at radius 2 is 2.05 bits per heavy atom. The van der Waals surface area contributed by atoms with Crippen LogP contribution in [-0.4, -0.2) is 47.7 Å². The first-order chi connectivity index (χ1) is 9.08. The van der Waals surface area contributed by atoms with Gasteiger partial charge in [0.05, 0.1) is 0 Å². The van der Waals surface area contributed by atoms with Crippen molar-refractivity contribution < 1.29 is 23.8 Å². The van der Waals surface area contributed by atoms with Gasteiger partial charge in [-0.05, 0) is 40.9 Å². The fourth-order valence-corrected chi connectivity index (χ4v) is 2.39. The normalized spacial score (nSPS) is 16.3. The van der Waals surface area contributed by atoms with Crippen molar-refractivity contribution >= 4 is 27.8 Å². The molecule has 1 N–H and O–H groups in total. The third-order valence-electron chi connectivity index (χ3n) is 2.98. The molecule has 0 spiro atoms. The van der Waals surface area contributed by atoms with E-state index in [1.54, 1.807) is 6.07 Å². The Kier molecular flexibility index (Phi) is 4.60. The Morgan fingerprint density at radius 1 is 1.37 bits per heavy atom. The summed E-state index contributed by atoms with van der Waals surface area (Å²) in [5.41, 5.74) is 0. The molecule has 1 aromatic heterocycles. The fourth-order valence-electron chi connectivity index (χ4n) is 2.08. The molecule has 0 unspecified atom stereocenters. The van der Waals surface area contributed by atoms with Gasteiger partial charge >= 0.3 is 5.97 Å². The average Bonchev–Trinajstić information content (AvgIpc) is 2.83. The van der Waals surface area contributed by atoms with Crippen LogP contribution in [0.2, 0.25) is 0 Å². The van der Waals surface area contributed by atoms with Gasteiger partial charge < -0.3 is 19.2 Å². The first-order valence-electron chi connectivity index (χ1n) is 5.94. The van der Waals surface area contributed by atoms with Crippen LogP contribution in [0.25, 0.3) is 0 Å². The van der Waals surface area contributed by atoms with E-state index in [0.717, 1.165) is 0 Å². The summed E-state index contributed by atoms with van der Waals surface area (Å²) in [6.45, 7) is 0.744. The highest BCUT2D eigenvalue weighted by Gasteiger charge is 2.29. The molecule has 1 aliphatic heterocycles. The SMILES string of the molecule is O=C(O)CN(C(=O)c1ccc(Br)o1)C1CCOCC1. The molecule has 0 aliphatic carbocycles. The van der Waals surface area contributed by atoms with Gasteiger partial charge in [-0.15, -0.1) is 0 Å².